The fraction of sp³-hybridized carbons (Fsp3) is 0.280. The van der Waals surface area contributed by atoms with Gasteiger partial charge in [-0.25, -0.2) is 0 Å². The van der Waals surface area contributed by atoms with Gasteiger partial charge in [-0.05, 0) is 62.4 Å². The van der Waals surface area contributed by atoms with Crippen LogP contribution in [-0.4, -0.2) is 16.9 Å². The summed E-state index contributed by atoms with van der Waals surface area (Å²) in [5.41, 5.74) is 2.23. The molecule has 0 amide bonds. The number of aryl methyl sites for hydroxylation is 1. The predicted molar refractivity (Wildman–Crippen MR) is 125 cm³/mol. The summed E-state index contributed by atoms with van der Waals surface area (Å²) in [6, 6.07) is 12.1. The molecule has 0 aliphatic carbocycles. The Bertz CT molecular complexity index is 1360. The van der Waals surface area contributed by atoms with Crippen LogP contribution in [-0.2, 0) is 20.7 Å². The molecule has 0 N–H and O–H groups in total. The van der Waals surface area contributed by atoms with Crippen molar-refractivity contribution in [2.75, 3.05) is 0 Å². The van der Waals surface area contributed by atoms with Gasteiger partial charge >= 0.3 is 0 Å². The van der Waals surface area contributed by atoms with E-state index in [2.05, 4.69) is 33.7 Å². The maximum atomic E-state index is 6.25. The molecule has 32 heavy (non-hydrogen) atoms. The normalized spacial score (nSPS) is 14.8. The zero-order chi connectivity index (χ0) is 22.1. The molecule has 4 aromatic rings. The minimum absolute atomic E-state index is 0.232. The van der Waals surface area contributed by atoms with Crippen molar-refractivity contribution in [3.05, 3.63) is 71.4 Å². The average Bonchev–Trinajstić information content (AvgIpc) is 3.46. The molecule has 7 heteroatoms. The summed E-state index contributed by atoms with van der Waals surface area (Å²) in [7, 11) is 0. The Morgan fingerprint density at radius 2 is 1.94 bits per heavy atom. The van der Waals surface area contributed by atoms with Crippen molar-refractivity contribution < 1.29 is 18.7 Å². The van der Waals surface area contributed by atoms with Gasteiger partial charge in [0.25, 0.3) is 0 Å². The molecule has 164 valence electrons. The van der Waals surface area contributed by atoms with Gasteiger partial charge in [0.1, 0.15) is 34.8 Å². The van der Waals surface area contributed by atoms with E-state index in [0.717, 1.165) is 45.2 Å². The molecule has 4 heterocycles. The van der Waals surface area contributed by atoms with Crippen molar-refractivity contribution in [2.45, 2.75) is 45.5 Å². The number of rotatable bonds is 5. The molecule has 0 fully saturated rings. The van der Waals surface area contributed by atoms with E-state index >= 15 is 0 Å². The Morgan fingerprint density at radius 3 is 2.75 bits per heavy atom. The maximum Gasteiger partial charge on any atom is 0.240 e. The first-order chi connectivity index (χ1) is 15.4. The third-order valence-electron chi connectivity index (χ3n) is 5.00. The first-order valence-electron chi connectivity index (χ1n) is 10.5. The van der Waals surface area contributed by atoms with E-state index < -0.39 is 5.60 Å². The lowest BCUT2D eigenvalue weighted by Crippen LogP contribution is -2.18. The second kappa shape index (κ2) is 8.31. The second-order valence-electron chi connectivity index (χ2n) is 8.66. The van der Waals surface area contributed by atoms with Crippen molar-refractivity contribution in [2.24, 2.45) is 5.16 Å². The highest BCUT2D eigenvalue weighted by Gasteiger charge is 2.15. The van der Waals surface area contributed by atoms with Gasteiger partial charge in [-0.1, -0.05) is 11.2 Å². The maximum absolute atomic E-state index is 6.25. The van der Waals surface area contributed by atoms with Crippen molar-refractivity contribution in [3.8, 4) is 11.5 Å². The smallest absolute Gasteiger partial charge is 0.240 e. The van der Waals surface area contributed by atoms with Gasteiger partial charge in [-0.2, -0.15) is 0 Å². The molecule has 6 nitrogen and oxygen atoms in total. The summed E-state index contributed by atoms with van der Waals surface area (Å²) < 4.78 is 18.2. The minimum Gasteiger partial charge on any atom is -0.459 e. The Morgan fingerprint density at radius 1 is 1.09 bits per heavy atom. The number of thiophene rings is 1. The molecule has 1 aliphatic heterocycles. The number of hydrogen-bond acceptors (Lipinski definition) is 7. The van der Waals surface area contributed by atoms with Crippen LogP contribution in [0.15, 0.2) is 70.1 Å². The van der Waals surface area contributed by atoms with Crippen molar-refractivity contribution in [1.82, 2.24) is 4.98 Å². The molecular weight excluding hydrogens is 424 g/mol. The quantitative estimate of drug-likeness (QED) is 0.344. The molecule has 0 saturated heterocycles. The number of ether oxygens (including phenoxy) is 2. The van der Waals surface area contributed by atoms with Gasteiger partial charge in [-0.3, -0.25) is 4.98 Å². The average molecular weight is 449 g/mol. The lowest BCUT2D eigenvalue weighted by Gasteiger charge is -2.15. The Hall–Kier alpha value is -3.32. The van der Waals surface area contributed by atoms with Crippen LogP contribution in [0.25, 0.3) is 32.5 Å². The lowest BCUT2D eigenvalue weighted by atomic mass is 10.1. The Kier molecular flexibility index (Phi) is 5.35. The molecule has 0 radical (unpaired) electrons. The van der Waals surface area contributed by atoms with E-state index in [1.165, 1.54) is 0 Å². The van der Waals surface area contributed by atoms with Crippen LogP contribution in [0.2, 0.25) is 0 Å². The third kappa shape index (κ3) is 4.48. The van der Waals surface area contributed by atoms with Crippen LogP contribution in [0.3, 0.4) is 0 Å². The zero-order valence-corrected chi connectivity index (χ0v) is 19.0. The first kappa shape index (κ1) is 20.6. The van der Waals surface area contributed by atoms with Gasteiger partial charge in [0.05, 0.1) is 0 Å². The number of aromatic nitrogens is 1. The summed E-state index contributed by atoms with van der Waals surface area (Å²) in [5.74, 6) is 0.649. The van der Waals surface area contributed by atoms with Crippen molar-refractivity contribution in [3.63, 3.8) is 0 Å². The van der Waals surface area contributed by atoms with E-state index in [1.54, 1.807) is 23.9 Å². The summed E-state index contributed by atoms with van der Waals surface area (Å²) in [6.45, 7) is 5.92. The minimum atomic E-state index is -0.407. The van der Waals surface area contributed by atoms with E-state index in [1.807, 2.05) is 45.2 Å². The van der Waals surface area contributed by atoms with E-state index in [0.29, 0.717) is 11.1 Å². The van der Waals surface area contributed by atoms with Gasteiger partial charge in [-0.15, -0.1) is 11.3 Å². The zero-order valence-electron chi connectivity index (χ0n) is 18.2. The molecule has 0 atom stereocenters. The Balaban J connectivity index is 1.56. The SMILES string of the molecule is CC(C)(C)ON=c1cc(-c2cc3sccc3cn2)oc2ccc(CCC3OC=CO3)cc12. The highest BCUT2D eigenvalue weighted by Crippen LogP contribution is 2.27. The van der Waals surface area contributed by atoms with Crippen molar-refractivity contribution >= 4 is 32.4 Å². The van der Waals surface area contributed by atoms with Crippen LogP contribution < -0.4 is 5.36 Å². The summed E-state index contributed by atoms with van der Waals surface area (Å²) >= 11 is 1.68. The van der Waals surface area contributed by atoms with Crippen LogP contribution in [0, 0.1) is 0 Å². The number of benzene rings is 1. The fourth-order valence-electron chi connectivity index (χ4n) is 3.44. The number of fused-ring (bicyclic) bond motifs is 2. The van der Waals surface area contributed by atoms with Gasteiger partial charge in [0.2, 0.25) is 6.29 Å². The molecule has 1 aromatic carbocycles. The summed E-state index contributed by atoms with van der Waals surface area (Å²) in [4.78, 5) is 10.4. The third-order valence-corrected chi connectivity index (χ3v) is 5.88. The monoisotopic (exact) mass is 448 g/mol. The number of hydrogen-bond donors (Lipinski definition) is 0. The molecule has 0 bridgehead atoms. The van der Waals surface area contributed by atoms with Crippen LogP contribution in [0.5, 0.6) is 0 Å². The number of pyridine rings is 1. The topological polar surface area (TPSA) is 66.1 Å². The fourth-order valence-corrected chi connectivity index (χ4v) is 4.24. The van der Waals surface area contributed by atoms with E-state index in [4.69, 9.17) is 18.7 Å². The van der Waals surface area contributed by atoms with E-state index in [9.17, 15) is 0 Å². The summed E-state index contributed by atoms with van der Waals surface area (Å²) in [6.07, 6.45) is 6.35. The standard InChI is InChI=1S/C25H24N2O4S/c1-25(2,3)31-27-19-13-22(20-14-23-17(15-26-20)8-11-32-23)30-21-6-4-16(12-18(19)21)5-7-24-28-9-10-29-24/h4,6,8-15,24H,5,7H2,1-3H3. The molecule has 1 aliphatic rings. The van der Waals surface area contributed by atoms with Gasteiger partial charge in [0.15, 0.2) is 5.76 Å². The largest absolute Gasteiger partial charge is 0.459 e. The highest BCUT2D eigenvalue weighted by atomic mass is 32.1. The predicted octanol–water partition coefficient (Wildman–Crippen LogP) is 6.12. The molecule has 0 unspecified atom stereocenters. The molecule has 0 spiro atoms. The van der Waals surface area contributed by atoms with Gasteiger partial charge in [0, 0.05) is 34.2 Å². The van der Waals surface area contributed by atoms with Gasteiger partial charge < -0.3 is 18.7 Å². The number of nitrogens with zero attached hydrogens (tertiary/aromatic N) is 2. The van der Waals surface area contributed by atoms with Crippen molar-refractivity contribution in [1.29, 1.82) is 0 Å². The molecule has 5 rings (SSSR count). The first-order valence-corrected chi connectivity index (χ1v) is 11.4. The van der Waals surface area contributed by atoms with E-state index in [-0.39, 0.29) is 6.29 Å². The molecular formula is C25H24N2O4S. The van der Waals surface area contributed by atoms with Crippen LogP contribution in [0.4, 0.5) is 0 Å². The Labute approximate surface area is 189 Å². The molecule has 0 saturated carbocycles. The summed E-state index contributed by atoms with van der Waals surface area (Å²) in [5, 5.41) is 9.26. The molecule has 3 aromatic heterocycles. The van der Waals surface area contributed by atoms with Crippen LogP contribution >= 0.6 is 11.3 Å². The highest BCUT2D eigenvalue weighted by molar-refractivity contribution is 7.17. The lowest BCUT2D eigenvalue weighted by molar-refractivity contribution is -0.0275. The second-order valence-corrected chi connectivity index (χ2v) is 9.61. The van der Waals surface area contributed by atoms with Crippen LogP contribution in [0.1, 0.15) is 32.8 Å².